The van der Waals surface area contributed by atoms with E-state index in [0.29, 0.717) is 0 Å². The lowest BCUT2D eigenvalue weighted by atomic mass is 9.98. The van der Waals surface area contributed by atoms with Gasteiger partial charge in [-0.3, -0.25) is 0 Å². The molecule has 1 unspecified atom stereocenters. The molecule has 0 aliphatic rings. The molecule has 0 spiro atoms. The second kappa shape index (κ2) is 5.55. The number of hydrogen-bond acceptors (Lipinski definition) is 2. The van der Waals surface area contributed by atoms with Crippen LogP contribution in [0.2, 0.25) is 0 Å². The van der Waals surface area contributed by atoms with Crippen molar-refractivity contribution in [2.24, 2.45) is 0 Å². The van der Waals surface area contributed by atoms with Gasteiger partial charge in [-0.2, -0.15) is 0 Å². The fourth-order valence-electron chi connectivity index (χ4n) is 0.933. The minimum absolute atomic E-state index is 0.145. The maximum Gasteiger partial charge on any atom is 0.0688 e. The molecule has 0 aliphatic carbocycles. The Hall–Kier alpha value is -0.0800. The highest BCUT2D eigenvalue weighted by atomic mass is 16.3. The predicted octanol–water partition coefficient (Wildman–Crippen LogP) is 1.93. The first-order valence-corrected chi connectivity index (χ1v) is 4.93. The zero-order valence-electron chi connectivity index (χ0n) is 8.85. The van der Waals surface area contributed by atoms with Gasteiger partial charge >= 0.3 is 0 Å². The molecule has 0 aromatic heterocycles. The Balaban J connectivity index is 3.47. The number of hydrogen-bond donors (Lipinski definition) is 2. The van der Waals surface area contributed by atoms with Crippen LogP contribution < -0.4 is 5.32 Å². The van der Waals surface area contributed by atoms with Crippen molar-refractivity contribution in [2.75, 3.05) is 6.54 Å². The van der Waals surface area contributed by atoms with Crippen molar-refractivity contribution in [3.63, 3.8) is 0 Å². The van der Waals surface area contributed by atoms with Gasteiger partial charge in [-0.15, -0.1) is 0 Å². The molecule has 0 radical (unpaired) electrons. The molecule has 0 rings (SSSR count). The molecule has 0 heterocycles. The number of nitrogens with one attached hydrogen (secondary N) is 1. The summed E-state index contributed by atoms with van der Waals surface area (Å²) in [5.41, 5.74) is -0.145. The normalized spacial score (nSPS) is 14.8. The highest BCUT2D eigenvalue weighted by molar-refractivity contribution is 4.82. The van der Waals surface area contributed by atoms with Crippen molar-refractivity contribution in [3.8, 4) is 0 Å². The summed E-state index contributed by atoms with van der Waals surface area (Å²) >= 11 is 0. The average Bonchev–Trinajstić information content (AvgIpc) is 1.98. The Morgan fingerprint density at radius 3 is 2.33 bits per heavy atom. The Morgan fingerprint density at radius 1 is 1.33 bits per heavy atom. The van der Waals surface area contributed by atoms with E-state index in [-0.39, 0.29) is 11.6 Å². The van der Waals surface area contributed by atoms with Crippen LogP contribution in [0.3, 0.4) is 0 Å². The van der Waals surface area contributed by atoms with E-state index < -0.39 is 0 Å². The minimum Gasteiger partial charge on any atom is -0.392 e. The van der Waals surface area contributed by atoms with E-state index in [0.717, 1.165) is 6.54 Å². The van der Waals surface area contributed by atoms with Gasteiger partial charge in [0, 0.05) is 5.54 Å². The van der Waals surface area contributed by atoms with E-state index in [1.807, 2.05) is 20.8 Å². The number of aliphatic hydroxyl groups excluding tert-OH is 1. The molecule has 0 aromatic rings. The topological polar surface area (TPSA) is 32.3 Å². The molecule has 2 nitrogen and oxygen atoms in total. The molecule has 0 fully saturated rings. The van der Waals surface area contributed by atoms with Crippen molar-refractivity contribution >= 4 is 0 Å². The molecule has 74 valence electrons. The lowest BCUT2D eigenvalue weighted by molar-refractivity contribution is 0.0967. The Labute approximate surface area is 76.4 Å². The lowest BCUT2D eigenvalue weighted by Crippen LogP contribution is -2.48. The van der Waals surface area contributed by atoms with Crippen LogP contribution in [0, 0.1) is 0 Å². The van der Waals surface area contributed by atoms with Crippen LogP contribution in [0.4, 0.5) is 0 Å². The van der Waals surface area contributed by atoms with Gasteiger partial charge in [-0.1, -0.05) is 19.8 Å². The van der Waals surface area contributed by atoms with E-state index in [9.17, 15) is 5.11 Å². The van der Waals surface area contributed by atoms with Crippen molar-refractivity contribution in [1.82, 2.24) is 5.32 Å². The maximum atomic E-state index is 9.37. The quantitative estimate of drug-likeness (QED) is 0.601. The first-order valence-electron chi connectivity index (χ1n) is 4.93. The minimum atomic E-state index is -0.292. The smallest absolute Gasteiger partial charge is 0.0688 e. The van der Waals surface area contributed by atoms with Gasteiger partial charge in [0.25, 0.3) is 0 Å². The number of rotatable bonds is 6. The summed E-state index contributed by atoms with van der Waals surface area (Å²) in [6.07, 6.45) is 3.42. The predicted molar refractivity (Wildman–Crippen MR) is 53.3 cm³/mol. The van der Waals surface area contributed by atoms with Crippen LogP contribution in [-0.4, -0.2) is 23.3 Å². The van der Waals surface area contributed by atoms with Crippen molar-refractivity contribution < 1.29 is 5.11 Å². The highest BCUT2D eigenvalue weighted by Crippen LogP contribution is 2.08. The van der Waals surface area contributed by atoms with Gasteiger partial charge in [0.05, 0.1) is 6.10 Å². The van der Waals surface area contributed by atoms with E-state index in [1.54, 1.807) is 0 Å². The lowest BCUT2D eigenvalue weighted by Gasteiger charge is -2.29. The molecule has 0 saturated heterocycles. The molecule has 2 N–H and O–H groups in total. The molecule has 0 bridgehead atoms. The zero-order valence-corrected chi connectivity index (χ0v) is 8.85. The molecule has 0 saturated carbocycles. The van der Waals surface area contributed by atoms with Crippen LogP contribution in [0.5, 0.6) is 0 Å². The summed E-state index contributed by atoms with van der Waals surface area (Å²) in [6.45, 7) is 9.09. The molecule has 1 atom stereocenters. The number of unbranched alkanes of at least 4 members (excludes halogenated alkanes) is 2. The first kappa shape index (κ1) is 11.9. The van der Waals surface area contributed by atoms with E-state index in [1.165, 1.54) is 19.3 Å². The van der Waals surface area contributed by atoms with Gasteiger partial charge in [-0.25, -0.2) is 0 Å². The summed E-state index contributed by atoms with van der Waals surface area (Å²) in [7, 11) is 0. The summed E-state index contributed by atoms with van der Waals surface area (Å²) in [6, 6.07) is 0. The maximum absolute atomic E-state index is 9.37. The standard InChI is InChI=1S/C10H23NO/c1-5-6-7-8-11-10(3,4)9(2)12/h9,11-12H,5-8H2,1-4H3. The molecule has 12 heavy (non-hydrogen) atoms. The largest absolute Gasteiger partial charge is 0.392 e. The van der Waals surface area contributed by atoms with Crippen LogP contribution >= 0.6 is 0 Å². The van der Waals surface area contributed by atoms with Crippen molar-refractivity contribution in [3.05, 3.63) is 0 Å². The molecule has 0 amide bonds. The molecule has 2 heteroatoms. The van der Waals surface area contributed by atoms with Gasteiger partial charge in [0.2, 0.25) is 0 Å². The van der Waals surface area contributed by atoms with E-state index >= 15 is 0 Å². The summed E-state index contributed by atoms with van der Waals surface area (Å²) < 4.78 is 0. The fraction of sp³-hybridized carbons (Fsp3) is 1.00. The highest BCUT2D eigenvalue weighted by Gasteiger charge is 2.22. The second-order valence-electron chi connectivity index (χ2n) is 4.03. The molecule has 0 aromatic carbocycles. The van der Waals surface area contributed by atoms with Gasteiger partial charge in [0.15, 0.2) is 0 Å². The van der Waals surface area contributed by atoms with Crippen LogP contribution in [0.1, 0.15) is 47.0 Å². The summed E-state index contributed by atoms with van der Waals surface area (Å²) in [4.78, 5) is 0. The van der Waals surface area contributed by atoms with Gasteiger partial charge in [-0.05, 0) is 33.7 Å². The number of aliphatic hydroxyl groups is 1. The monoisotopic (exact) mass is 173 g/mol. The molecular formula is C10H23NO. The third-order valence-corrected chi connectivity index (χ3v) is 2.41. The first-order chi connectivity index (χ1) is 5.50. The van der Waals surface area contributed by atoms with Crippen molar-refractivity contribution in [2.45, 2.75) is 58.6 Å². The van der Waals surface area contributed by atoms with Crippen LogP contribution in [0.25, 0.3) is 0 Å². The van der Waals surface area contributed by atoms with Gasteiger partial charge < -0.3 is 10.4 Å². The Bertz CT molecular complexity index is 110. The van der Waals surface area contributed by atoms with Gasteiger partial charge in [0.1, 0.15) is 0 Å². The molecule has 0 aliphatic heterocycles. The Kier molecular flexibility index (Phi) is 5.51. The fourth-order valence-corrected chi connectivity index (χ4v) is 0.933. The SMILES string of the molecule is CCCCCNC(C)(C)C(C)O. The summed E-state index contributed by atoms with van der Waals surface area (Å²) in [5, 5.41) is 12.7. The van der Waals surface area contributed by atoms with Crippen LogP contribution in [0.15, 0.2) is 0 Å². The zero-order chi connectivity index (χ0) is 9.61. The third kappa shape index (κ3) is 4.73. The second-order valence-corrected chi connectivity index (χ2v) is 4.03. The van der Waals surface area contributed by atoms with E-state index in [4.69, 9.17) is 0 Å². The van der Waals surface area contributed by atoms with E-state index in [2.05, 4.69) is 12.2 Å². The summed E-state index contributed by atoms with van der Waals surface area (Å²) in [5.74, 6) is 0. The Morgan fingerprint density at radius 2 is 1.92 bits per heavy atom. The average molecular weight is 173 g/mol. The molecular weight excluding hydrogens is 150 g/mol. The van der Waals surface area contributed by atoms with Crippen LogP contribution in [-0.2, 0) is 0 Å². The van der Waals surface area contributed by atoms with Crippen molar-refractivity contribution in [1.29, 1.82) is 0 Å². The third-order valence-electron chi connectivity index (χ3n) is 2.41.